The Kier molecular flexibility index (Phi) is 2.57. The molecule has 1 saturated heterocycles. The van der Waals surface area contributed by atoms with Crippen LogP contribution in [0.5, 0.6) is 0 Å². The van der Waals surface area contributed by atoms with Crippen molar-refractivity contribution in [2.45, 2.75) is 19.5 Å². The molecule has 1 heterocycles. The summed E-state index contributed by atoms with van der Waals surface area (Å²) in [5, 5.41) is 0. The Labute approximate surface area is 70.8 Å². The van der Waals surface area contributed by atoms with Crippen molar-refractivity contribution in [3.05, 3.63) is 0 Å². The summed E-state index contributed by atoms with van der Waals surface area (Å²) >= 11 is 0. The van der Waals surface area contributed by atoms with E-state index in [1.165, 1.54) is 0 Å². The maximum atomic E-state index is 11.1. The van der Waals surface area contributed by atoms with Crippen molar-refractivity contribution < 1.29 is 14.3 Å². The first-order valence-corrected chi connectivity index (χ1v) is 3.59. The Balaban J connectivity index is 2.76. The SMILES string of the molecule is [B]=NC1COC(=O)N1C(=O)CC. The van der Waals surface area contributed by atoms with Gasteiger partial charge in [0.05, 0.1) is 0 Å². The van der Waals surface area contributed by atoms with E-state index in [4.69, 9.17) is 7.64 Å². The predicted octanol–water partition coefficient (Wildman–Crippen LogP) is 0.0534. The molecule has 1 aliphatic heterocycles. The molecule has 12 heavy (non-hydrogen) atoms. The summed E-state index contributed by atoms with van der Waals surface area (Å²) in [6.45, 7) is 1.71. The van der Waals surface area contributed by atoms with Crippen molar-refractivity contribution in [1.29, 1.82) is 0 Å². The third-order valence-electron chi connectivity index (χ3n) is 1.59. The van der Waals surface area contributed by atoms with E-state index in [9.17, 15) is 9.59 Å². The van der Waals surface area contributed by atoms with Gasteiger partial charge in [-0.1, -0.05) is 0 Å². The first-order valence-electron chi connectivity index (χ1n) is 3.59. The third kappa shape index (κ3) is 1.37. The predicted molar refractivity (Wildman–Crippen MR) is 40.5 cm³/mol. The van der Waals surface area contributed by atoms with Crippen molar-refractivity contribution in [3.8, 4) is 0 Å². The molecule has 1 fully saturated rings. The minimum atomic E-state index is -0.666. The van der Waals surface area contributed by atoms with Crippen molar-refractivity contribution in [3.63, 3.8) is 0 Å². The van der Waals surface area contributed by atoms with Gasteiger partial charge in [-0.05, 0) is 0 Å². The van der Waals surface area contributed by atoms with Gasteiger partial charge in [0, 0.05) is 0 Å². The standard InChI is InChI=1S/C6H8BN2O3/c1-2-5(10)9-4(8-7)3-12-6(9)11/h4H,2-3H2,1H3. The van der Waals surface area contributed by atoms with Crippen LogP contribution in [-0.2, 0) is 9.53 Å². The summed E-state index contributed by atoms with van der Waals surface area (Å²) < 4.78 is 4.58. The topological polar surface area (TPSA) is 59.0 Å². The molecule has 0 aromatic heterocycles. The molecule has 1 radical (unpaired) electrons. The first-order chi connectivity index (χ1) is 5.70. The van der Waals surface area contributed by atoms with Gasteiger partial charge in [-0.15, -0.1) is 0 Å². The molecule has 0 N–H and O–H groups in total. The molecular formula is C6H8BN2O3. The van der Waals surface area contributed by atoms with Crippen LogP contribution >= 0.6 is 0 Å². The van der Waals surface area contributed by atoms with E-state index in [-0.39, 0.29) is 18.9 Å². The molecule has 0 aromatic carbocycles. The van der Waals surface area contributed by atoms with E-state index >= 15 is 0 Å². The van der Waals surface area contributed by atoms with E-state index in [1.54, 1.807) is 6.92 Å². The number of ether oxygens (including phenoxy) is 1. The molecule has 2 amide bonds. The molecular weight excluding hydrogens is 159 g/mol. The molecule has 0 aromatic rings. The molecule has 0 aliphatic carbocycles. The van der Waals surface area contributed by atoms with Crippen LogP contribution in [0.4, 0.5) is 4.79 Å². The number of imide groups is 1. The second-order valence-corrected chi connectivity index (χ2v) is 2.32. The van der Waals surface area contributed by atoms with E-state index in [1.807, 2.05) is 0 Å². The number of nitrogens with zero attached hydrogens (tertiary/aromatic N) is 2. The van der Waals surface area contributed by atoms with E-state index in [0.29, 0.717) is 0 Å². The molecule has 63 valence electrons. The Bertz CT molecular complexity index is 231. The fourth-order valence-electron chi connectivity index (χ4n) is 0.960. The normalized spacial score (nSPS) is 22.2. The van der Waals surface area contributed by atoms with Gasteiger partial charge in [0.1, 0.15) is 0 Å². The van der Waals surface area contributed by atoms with Crippen molar-refractivity contribution in [2.24, 2.45) is 4.90 Å². The maximum absolute atomic E-state index is 11.1. The zero-order valence-electron chi connectivity index (χ0n) is 6.69. The summed E-state index contributed by atoms with van der Waals surface area (Å²) in [6, 6.07) is 0. The minimum absolute atomic E-state index is 0.0566. The Hall–Kier alpha value is -1.20. The van der Waals surface area contributed by atoms with Crippen LogP contribution in [0, 0.1) is 0 Å². The summed E-state index contributed by atoms with van der Waals surface area (Å²) in [6.07, 6.45) is -1.08. The molecule has 0 saturated carbocycles. The Morgan fingerprint density at radius 2 is 2.58 bits per heavy atom. The first kappa shape index (κ1) is 8.90. The number of amides is 2. The zero-order valence-corrected chi connectivity index (χ0v) is 6.69. The molecule has 6 heteroatoms. The number of carbonyl (C=O) groups is 2. The van der Waals surface area contributed by atoms with E-state index in [2.05, 4.69) is 9.63 Å². The second-order valence-electron chi connectivity index (χ2n) is 2.32. The van der Waals surface area contributed by atoms with Crippen LogP contribution in [0.2, 0.25) is 0 Å². The van der Waals surface area contributed by atoms with Gasteiger partial charge in [-0.25, -0.2) is 0 Å². The molecule has 0 bridgehead atoms. The van der Waals surface area contributed by atoms with E-state index in [0.717, 1.165) is 4.90 Å². The van der Waals surface area contributed by atoms with Gasteiger partial charge in [-0.3, -0.25) is 0 Å². The van der Waals surface area contributed by atoms with Crippen LogP contribution in [-0.4, -0.2) is 37.3 Å². The Morgan fingerprint density at radius 3 is 3.08 bits per heavy atom. The van der Waals surface area contributed by atoms with Gasteiger partial charge in [-0.2, -0.15) is 0 Å². The summed E-state index contributed by atoms with van der Waals surface area (Å²) in [7, 11) is 4.98. The zero-order chi connectivity index (χ0) is 9.14. The van der Waals surface area contributed by atoms with Crippen LogP contribution < -0.4 is 0 Å². The number of hydrogen-bond acceptors (Lipinski definition) is 4. The quantitative estimate of drug-likeness (QED) is 0.546. The summed E-state index contributed by atoms with van der Waals surface area (Å²) in [4.78, 5) is 26.3. The molecule has 1 aliphatic rings. The molecule has 1 rings (SSSR count). The molecule has 5 nitrogen and oxygen atoms in total. The van der Waals surface area contributed by atoms with Crippen molar-refractivity contribution in [1.82, 2.24) is 4.90 Å². The fourth-order valence-corrected chi connectivity index (χ4v) is 0.960. The second kappa shape index (κ2) is 3.47. The van der Waals surface area contributed by atoms with Crippen LogP contribution in [0.25, 0.3) is 0 Å². The summed E-state index contributed by atoms with van der Waals surface area (Å²) in [5.41, 5.74) is 0. The van der Waals surface area contributed by atoms with Gasteiger partial charge in [0.25, 0.3) is 0 Å². The molecule has 1 atom stereocenters. The van der Waals surface area contributed by atoms with Gasteiger partial charge < -0.3 is 0 Å². The Morgan fingerprint density at radius 1 is 1.92 bits per heavy atom. The molecule has 0 spiro atoms. The third-order valence-corrected chi connectivity index (χ3v) is 1.59. The van der Waals surface area contributed by atoms with Gasteiger partial charge >= 0.3 is 69.9 Å². The van der Waals surface area contributed by atoms with Crippen LogP contribution in [0.3, 0.4) is 0 Å². The van der Waals surface area contributed by atoms with Crippen LogP contribution in [0.1, 0.15) is 13.3 Å². The fraction of sp³-hybridized carbons (Fsp3) is 0.667. The van der Waals surface area contributed by atoms with Crippen LogP contribution in [0.15, 0.2) is 4.90 Å². The van der Waals surface area contributed by atoms with Crippen molar-refractivity contribution >= 4 is 19.6 Å². The number of cyclic esters (lactones) is 1. The van der Waals surface area contributed by atoms with Gasteiger partial charge in [0.15, 0.2) is 0 Å². The number of rotatable bonds is 2. The molecule has 1 unspecified atom stereocenters. The average molecular weight is 167 g/mol. The summed E-state index contributed by atoms with van der Waals surface area (Å²) in [5.74, 6) is -0.322. The van der Waals surface area contributed by atoms with Crippen molar-refractivity contribution in [2.75, 3.05) is 6.61 Å². The number of carbonyl (C=O) groups excluding carboxylic acids is 2. The monoisotopic (exact) mass is 167 g/mol. The number of hydrogen-bond donors (Lipinski definition) is 0. The van der Waals surface area contributed by atoms with Gasteiger partial charge in [0.2, 0.25) is 0 Å². The average Bonchev–Trinajstić information content (AvgIpc) is 2.45. The van der Waals surface area contributed by atoms with E-state index < -0.39 is 12.3 Å².